The molecule has 25 heavy (non-hydrogen) atoms. The normalized spacial score (nSPS) is 15.4. The smallest absolute Gasteiger partial charge is 0.293 e. The van der Waals surface area contributed by atoms with Gasteiger partial charge in [0.2, 0.25) is 0 Å². The van der Waals surface area contributed by atoms with Crippen molar-refractivity contribution < 1.29 is 13.4 Å². The number of hydrogen-bond acceptors (Lipinski definition) is 5. The monoisotopic (exact) mass is 358 g/mol. The number of ether oxygens (including phenoxy) is 1. The molecule has 0 saturated heterocycles. The van der Waals surface area contributed by atoms with Gasteiger partial charge in [0.1, 0.15) is 16.5 Å². The summed E-state index contributed by atoms with van der Waals surface area (Å²) in [4.78, 5) is 16.8. The maximum atomic E-state index is 12.2. The van der Waals surface area contributed by atoms with Gasteiger partial charge >= 0.3 is 0 Å². The van der Waals surface area contributed by atoms with Gasteiger partial charge < -0.3 is 13.7 Å². The molecule has 1 fully saturated rings. The van der Waals surface area contributed by atoms with Crippen LogP contribution in [0.3, 0.4) is 0 Å². The summed E-state index contributed by atoms with van der Waals surface area (Å²) < 4.78 is 24.7. The van der Waals surface area contributed by atoms with E-state index in [2.05, 4.69) is 4.98 Å². The van der Waals surface area contributed by atoms with Gasteiger partial charge in [0.15, 0.2) is 5.58 Å². The molecule has 0 radical (unpaired) electrons. The number of pyridine rings is 2. The van der Waals surface area contributed by atoms with E-state index >= 15 is 0 Å². The molecular weight excluding hydrogens is 340 g/mol. The van der Waals surface area contributed by atoms with Gasteiger partial charge in [-0.1, -0.05) is 0 Å². The zero-order valence-electron chi connectivity index (χ0n) is 14.0. The van der Waals surface area contributed by atoms with E-state index in [1.165, 1.54) is 23.7 Å². The van der Waals surface area contributed by atoms with Crippen LogP contribution in [-0.4, -0.2) is 26.6 Å². The highest BCUT2D eigenvalue weighted by atomic mass is 32.2. The zero-order chi connectivity index (χ0) is 17.6. The molecule has 6 nitrogen and oxygen atoms in total. The van der Waals surface area contributed by atoms with E-state index in [1.807, 2.05) is 0 Å². The quantitative estimate of drug-likeness (QED) is 0.701. The first-order valence-corrected chi connectivity index (χ1v) is 9.65. The van der Waals surface area contributed by atoms with Gasteiger partial charge in [-0.25, -0.2) is 4.98 Å². The number of fused-ring (bicyclic) bond motifs is 1. The standard InChI is InChI=1S/C18H18N2O4S/c1-20-9-13(12-7-8-23-17(12)18(20)21)16-14(24-10-11-3-4-11)5-6-15(19-16)25(2)22/h5-9,11H,3-4,10H2,1-2H3. The summed E-state index contributed by atoms with van der Waals surface area (Å²) in [5.74, 6) is 1.23. The largest absolute Gasteiger partial charge is 0.491 e. The Labute approximate surface area is 146 Å². The minimum Gasteiger partial charge on any atom is -0.491 e. The van der Waals surface area contributed by atoms with Gasteiger partial charge in [-0.05, 0) is 37.0 Å². The second-order valence-electron chi connectivity index (χ2n) is 6.33. The predicted molar refractivity (Wildman–Crippen MR) is 95.2 cm³/mol. The third-order valence-electron chi connectivity index (χ3n) is 4.35. The summed E-state index contributed by atoms with van der Waals surface area (Å²) in [7, 11) is 0.453. The predicted octanol–water partition coefficient (Wildman–Crippen LogP) is 2.72. The van der Waals surface area contributed by atoms with Crippen molar-refractivity contribution >= 4 is 21.8 Å². The highest BCUT2D eigenvalue weighted by molar-refractivity contribution is 7.84. The molecule has 3 aromatic heterocycles. The first-order chi connectivity index (χ1) is 12.0. The van der Waals surface area contributed by atoms with Gasteiger partial charge in [-0.15, -0.1) is 0 Å². The summed E-state index contributed by atoms with van der Waals surface area (Å²) in [6.45, 7) is 0.642. The van der Waals surface area contributed by atoms with Crippen LogP contribution in [0.1, 0.15) is 12.8 Å². The van der Waals surface area contributed by atoms with E-state index in [0.717, 1.165) is 5.56 Å². The topological polar surface area (TPSA) is 74.3 Å². The number of furan rings is 1. The Morgan fingerprint density at radius 2 is 2.16 bits per heavy atom. The highest BCUT2D eigenvalue weighted by Crippen LogP contribution is 2.35. The lowest BCUT2D eigenvalue weighted by atomic mass is 10.1. The molecule has 1 atom stereocenters. The van der Waals surface area contributed by atoms with Crippen molar-refractivity contribution in [3.8, 4) is 17.0 Å². The van der Waals surface area contributed by atoms with Gasteiger partial charge in [0.05, 0.1) is 23.7 Å². The molecule has 0 bridgehead atoms. The highest BCUT2D eigenvalue weighted by Gasteiger charge is 2.24. The maximum Gasteiger partial charge on any atom is 0.293 e. The number of nitrogens with zero attached hydrogens (tertiary/aromatic N) is 2. The molecule has 7 heteroatoms. The van der Waals surface area contributed by atoms with Crippen molar-refractivity contribution in [3.63, 3.8) is 0 Å². The molecular formula is C18H18N2O4S. The van der Waals surface area contributed by atoms with Crippen LogP contribution in [0.2, 0.25) is 0 Å². The molecule has 0 aliphatic heterocycles. The molecule has 0 spiro atoms. The second kappa shape index (κ2) is 6.15. The van der Waals surface area contributed by atoms with Crippen LogP contribution in [0.15, 0.2) is 44.9 Å². The Morgan fingerprint density at radius 1 is 1.36 bits per heavy atom. The number of hydrogen-bond donors (Lipinski definition) is 0. The van der Waals surface area contributed by atoms with Gasteiger partial charge in [0, 0.05) is 30.4 Å². The van der Waals surface area contributed by atoms with Gasteiger partial charge in [-0.2, -0.15) is 0 Å². The van der Waals surface area contributed by atoms with Crippen LogP contribution in [0.4, 0.5) is 0 Å². The van der Waals surface area contributed by atoms with Crippen molar-refractivity contribution in [1.29, 1.82) is 0 Å². The number of aryl methyl sites for hydroxylation is 1. The molecule has 3 heterocycles. The summed E-state index contributed by atoms with van der Waals surface area (Å²) in [5.41, 5.74) is 1.37. The number of aromatic nitrogens is 2. The Balaban J connectivity index is 1.91. The first kappa shape index (κ1) is 16.1. The summed E-state index contributed by atoms with van der Waals surface area (Å²) in [6, 6.07) is 5.27. The molecule has 130 valence electrons. The van der Waals surface area contributed by atoms with Crippen molar-refractivity contribution in [2.24, 2.45) is 13.0 Å². The lowest BCUT2D eigenvalue weighted by molar-refractivity contribution is 0.299. The maximum absolute atomic E-state index is 12.2. The summed E-state index contributed by atoms with van der Waals surface area (Å²) >= 11 is 0. The van der Waals surface area contributed by atoms with E-state index < -0.39 is 10.8 Å². The molecule has 1 unspecified atom stereocenters. The van der Waals surface area contributed by atoms with Crippen LogP contribution in [0.25, 0.3) is 22.2 Å². The summed E-state index contributed by atoms with van der Waals surface area (Å²) in [5, 5.41) is 1.14. The van der Waals surface area contributed by atoms with E-state index in [0.29, 0.717) is 34.4 Å². The van der Waals surface area contributed by atoms with Gasteiger partial charge in [0.25, 0.3) is 5.56 Å². The Morgan fingerprint density at radius 3 is 2.88 bits per heavy atom. The van der Waals surface area contributed by atoms with Gasteiger partial charge in [-0.3, -0.25) is 9.00 Å². The van der Waals surface area contributed by atoms with E-state index in [1.54, 1.807) is 37.7 Å². The second-order valence-corrected chi connectivity index (χ2v) is 7.65. The van der Waals surface area contributed by atoms with Crippen LogP contribution < -0.4 is 10.3 Å². The van der Waals surface area contributed by atoms with Crippen LogP contribution in [0.5, 0.6) is 5.75 Å². The van der Waals surface area contributed by atoms with Crippen molar-refractivity contribution in [3.05, 3.63) is 41.0 Å². The molecule has 1 saturated carbocycles. The fourth-order valence-electron chi connectivity index (χ4n) is 2.75. The average Bonchev–Trinajstić information content (AvgIpc) is 3.30. The third-order valence-corrected chi connectivity index (χ3v) is 5.16. The Bertz CT molecular complexity index is 1030. The SMILES string of the molecule is Cn1cc(-c2nc(S(C)=O)ccc2OCC2CC2)c2ccoc2c1=O. The van der Waals surface area contributed by atoms with Crippen LogP contribution >= 0.6 is 0 Å². The van der Waals surface area contributed by atoms with E-state index in [4.69, 9.17) is 9.15 Å². The summed E-state index contributed by atoms with van der Waals surface area (Å²) in [6.07, 6.45) is 7.17. The van der Waals surface area contributed by atoms with Crippen molar-refractivity contribution in [1.82, 2.24) is 9.55 Å². The minimum absolute atomic E-state index is 0.209. The third kappa shape index (κ3) is 3.00. The molecule has 3 aromatic rings. The Hall–Kier alpha value is -2.41. The number of rotatable bonds is 5. The fourth-order valence-corrected chi connectivity index (χ4v) is 3.23. The minimum atomic E-state index is -1.21. The first-order valence-electron chi connectivity index (χ1n) is 8.09. The van der Waals surface area contributed by atoms with E-state index in [-0.39, 0.29) is 11.1 Å². The van der Waals surface area contributed by atoms with Crippen LogP contribution in [0, 0.1) is 5.92 Å². The lowest BCUT2D eigenvalue weighted by Gasteiger charge is -2.13. The molecule has 4 rings (SSSR count). The molecule has 0 amide bonds. The fraction of sp³-hybridized carbons (Fsp3) is 0.333. The molecule has 0 N–H and O–H groups in total. The van der Waals surface area contributed by atoms with Crippen molar-refractivity contribution in [2.45, 2.75) is 17.9 Å². The molecule has 0 aromatic carbocycles. The Kier molecular flexibility index (Phi) is 3.95. The average molecular weight is 358 g/mol. The molecule has 1 aliphatic carbocycles. The van der Waals surface area contributed by atoms with Crippen LogP contribution in [-0.2, 0) is 17.8 Å². The lowest BCUT2D eigenvalue weighted by Crippen LogP contribution is -2.16. The van der Waals surface area contributed by atoms with Crippen molar-refractivity contribution in [2.75, 3.05) is 12.9 Å². The molecule has 1 aliphatic rings. The zero-order valence-corrected chi connectivity index (χ0v) is 14.8. The van der Waals surface area contributed by atoms with E-state index in [9.17, 15) is 9.00 Å².